The number of nitrogens with one attached hydrogen (secondary N) is 1. The fraction of sp³-hybridized carbons (Fsp3) is 0.0833. The number of hydrogen-bond donors (Lipinski definition) is 2. The van der Waals surface area contributed by atoms with Crippen LogP contribution in [0.2, 0.25) is 5.02 Å². The number of ether oxygens (including phenoxy) is 1. The summed E-state index contributed by atoms with van der Waals surface area (Å²) in [6.07, 6.45) is 1.41. The predicted octanol–water partition coefficient (Wildman–Crippen LogP) is 2.13. The van der Waals surface area contributed by atoms with Gasteiger partial charge in [-0.05, 0) is 24.3 Å². The lowest BCUT2D eigenvalue weighted by atomic mass is 10.3. The smallest absolute Gasteiger partial charge is 0.263 e. The summed E-state index contributed by atoms with van der Waals surface area (Å²) in [5.74, 6) is 0.539. The monoisotopic (exact) mass is 313 g/mol. The van der Waals surface area contributed by atoms with E-state index in [0.717, 1.165) is 0 Å². The molecule has 0 atom stereocenters. The molecular formula is C12H12ClN3O3S. The van der Waals surface area contributed by atoms with Gasteiger partial charge < -0.3 is 10.5 Å². The van der Waals surface area contributed by atoms with Gasteiger partial charge in [0.15, 0.2) is 0 Å². The molecule has 1 heterocycles. The third kappa shape index (κ3) is 3.12. The zero-order valence-electron chi connectivity index (χ0n) is 10.5. The summed E-state index contributed by atoms with van der Waals surface area (Å²) in [5.41, 5.74) is 5.92. The van der Waals surface area contributed by atoms with Gasteiger partial charge in [-0.3, -0.25) is 4.72 Å². The quantitative estimate of drug-likeness (QED) is 0.843. The van der Waals surface area contributed by atoms with E-state index in [1.165, 1.54) is 37.6 Å². The van der Waals surface area contributed by atoms with Gasteiger partial charge in [0.2, 0.25) is 0 Å². The number of anilines is 2. The first-order valence-electron chi connectivity index (χ1n) is 5.50. The number of nitrogens with zero attached hydrogens (tertiary/aromatic N) is 1. The molecule has 0 radical (unpaired) electrons. The molecule has 6 nitrogen and oxygen atoms in total. The van der Waals surface area contributed by atoms with Gasteiger partial charge in [0, 0.05) is 17.3 Å². The van der Waals surface area contributed by atoms with Gasteiger partial charge >= 0.3 is 0 Å². The van der Waals surface area contributed by atoms with E-state index in [9.17, 15) is 8.42 Å². The maximum atomic E-state index is 12.2. The van der Waals surface area contributed by atoms with Crippen molar-refractivity contribution >= 4 is 33.1 Å². The van der Waals surface area contributed by atoms with Crippen molar-refractivity contribution in [3.63, 3.8) is 0 Å². The van der Waals surface area contributed by atoms with Gasteiger partial charge in [-0.25, -0.2) is 13.4 Å². The Labute approximate surface area is 121 Å². The van der Waals surface area contributed by atoms with Crippen molar-refractivity contribution in [1.82, 2.24) is 4.98 Å². The van der Waals surface area contributed by atoms with Crippen LogP contribution in [-0.2, 0) is 10.0 Å². The summed E-state index contributed by atoms with van der Waals surface area (Å²) in [4.78, 5) is 3.89. The van der Waals surface area contributed by atoms with Crippen LogP contribution in [0.3, 0.4) is 0 Å². The van der Waals surface area contributed by atoms with Crippen LogP contribution in [-0.4, -0.2) is 20.5 Å². The molecule has 2 aromatic rings. The van der Waals surface area contributed by atoms with Crippen LogP contribution >= 0.6 is 11.6 Å². The van der Waals surface area contributed by atoms with Gasteiger partial charge in [0.25, 0.3) is 10.0 Å². The number of sulfonamides is 1. The van der Waals surface area contributed by atoms with Gasteiger partial charge in [0.1, 0.15) is 11.6 Å². The Morgan fingerprint density at radius 3 is 2.65 bits per heavy atom. The number of rotatable bonds is 4. The second-order valence-electron chi connectivity index (χ2n) is 3.87. The number of benzene rings is 1. The molecule has 1 aromatic carbocycles. The second-order valence-corrected chi connectivity index (χ2v) is 5.99. The zero-order valence-corrected chi connectivity index (χ0v) is 12.1. The Hall–Kier alpha value is -1.99. The molecule has 0 saturated carbocycles. The molecule has 8 heteroatoms. The van der Waals surface area contributed by atoms with Crippen LogP contribution < -0.4 is 15.2 Å². The molecule has 0 spiro atoms. The summed E-state index contributed by atoms with van der Waals surface area (Å²) in [6, 6.07) is 7.14. The highest BCUT2D eigenvalue weighted by Crippen LogP contribution is 2.25. The third-order valence-electron chi connectivity index (χ3n) is 2.47. The Balaban J connectivity index is 2.33. The average molecular weight is 314 g/mol. The number of pyridine rings is 1. The van der Waals surface area contributed by atoms with E-state index in [4.69, 9.17) is 22.1 Å². The van der Waals surface area contributed by atoms with E-state index < -0.39 is 10.0 Å². The van der Waals surface area contributed by atoms with Gasteiger partial charge in [-0.1, -0.05) is 11.6 Å². The van der Waals surface area contributed by atoms with Crippen molar-refractivity contribution in [2.45, 2.75) is 4.90 Å². The number of nitrogen functional groups attached to an aromatic ring is 1. The Morgan fingerprint density at radius 1 is 1.30 bits per heavy atom. The van der Waals surface area contributed by atoms with Crippen LogP contribution in [0.4, 0.5) is 11.5 Å². The van der Waals surface area contributed by atoms with Crippen molar-refractivity contribution in [1.29, 1.82) is 0 Å². The molecule has 0 fully saturated rings. The minimum atomic E-state index is -3.78. The highest BCUT2D eigenvalue weighted by atomic mass is 35.5. The van der Waals surface area contributed by atoms with E-state index in [1.54, 1.807) is 6.07 Å². The van der Waals surface area contributed by atoms with E-state index >= 15 is 0 Å². The predicted molar refractivity (Wildman–Crippen MR) is 77.5 cm³/mol. The molecule has 0 aliphatic rings. The molecule has 0 aliphatic heterocycles. The van der Waals surface area contributed by atoms with E-state index in [1.807, 2.05) is 0 Å². The molecule has 0 aliphatic carbocycles. The summed E-state index contributed by atoms with van der Waals surface area (Å²) >= 11 is 5.77. The van der Waals surface area contributed by atoms with E-state index in [2.05, 4.69) is 9.71 Å². The lowest BCUT2D eigenvalue weighted by Crippen LogP contribution is -2.14. The van der Waals surface area contributed by atoms with Gasteiger partial charge in [0.05, 0.1) is 17.7 Å². The zero-order chi connectivity index (χ0) is 14.8. The van der Waals surface area contributed by atoms with Crippen LogP contribution in [0.5, 0.6) is 5.75 Å². The topological polar surface area (TPSA) is 94.3 Å². The largest absolute Gasteiger partial charge is 0.495 e. The molecule has 20 heavy (non-hydrogen) atoms. The summed E-state index contributed by atoms with van der Waals surface area (Å²) in [7, 11) is -2.33. The standard InChI is InChI=1S/C12H12ClN3O3S/c1-19-11-3-2-9(7-10(11)14)20(17,18)16-12-6-8(13)4-5-15-12/h2-7H,14H2,1H3,(H,15,16). The Bertz CT molecular complexity index is 734. The van der Waals surface area contributed by atoms with Crippen molar-refractivity contribution in [3.8, 4) is 5.75 Å². The maximum absolute atomic E-state index is 12.2. The molecule has 3 N–H and O–H groups in total. The molecule has 1 aromatic heterocycles. The first-order valence-corrected chi connectivity index (χ1v) is 7.36. The number of nitrogens with two attached hydrogens (primary N) is 1. The highest BCUT2D eigenvalue weighted by Gasteiger charge is 2.16. The Kier molecular flexibility index (Phi) is 4.01. The number of hydrogen-bond acceptors (Lipinski definition) is 5. The van der Waals surface area contributed by atoms with Crippen molar-refractivity contribution in [3.05, 3.63) is 41.6 Å². The van der Waals surface area contributed by atoms with Crippen molar-refractivity contribution in [2.75, 3.05) is 17.6 Å². The highest BCUT2D eigenvalue weighted by molar-refractivity contribution is 7.92. The summed E-state index contributed by atoms with van der Waals surface area (Å²) < 4.78 is 31.6. The first kappa shape index (κ1) is 14.4. The van der Waals surface area contributed by atoms with Crippen LogP contribution in [0.1, 0.15) is 0 Å². The number of halogens is 1. The fourth-order valence-corrected chi connectivity index (χ4v) is 2.73. The number of methoxy groups -OCH3 is 1. The minimum absolute atomic E-state index is 0.0116. The molecule has 0 unspecified atom stereocenters. The average Bonchev–Trinajstić information content (AvgIpc) is 2.38. The lowest BCUT2D eigenvalue weighted by molar-refractivity contribution is 0.416. The van der Waals surface area contributed by atoms with Gasteiger partial charge in [-0.2, -0.15) is 0 Å². The van der Waals surface area contributed by atoms with E-state index in [-0.39, 0.29) is 16.4 Å². The molecule has 0 saturated heterocycles. The maximum Gasteiger partial charge on any atom is 0.263 e. The molecule has 0 amide bonds. The summed E-state index contributed by atoms with van der Waals surface area (Å²) in [6.45, 7) is 0. The summed E-state index contributed by atoms with van der Waals surface area (Å²) in [5, 5.41) is 0.381. The van der Waals surface area contributed by atoms with E-state index in [0.29, 0.717) is 10.8 Å². The van der Waals surface area contributed by atoms with Crippen LogP contribution in [0, 0.1) is 0 Å². The Morgan fingerprint density at radius 2 is 2.05 bits per heavy atom. The van der Waals surface area contributed by atoms with Crippen LogP contribution in [0.25, 0.3) is 0 Å². The molecular weight excluding hydrogens is 302 g/mol. The molecule has 106 valence electrons. The van der Waals surface area contributed by atoms with Crippen molar-refractivity contribution in [2.24, 2.45) is 0 Å². The third-order valence-corrected chi connectivity index (χ3v) is 4.06. The first-order chi connectivity index (χ1) is 9.42. The fourth-order valence-electron chi connectivity index (χ4n) is 1.54. The lowest BCUT2D eigenvalue weighted by Gasteiger charge is -2.10. The second kappa shape index (κ2) is 5.56. The van der Waals surface area contributed by atoms with Gasteiger partial charge in [-0.15, -0.1) is 0 Å². The normalized spacial score (nSPS) is 11.1. The molecule has 2 rings (SSSR count). The minimum Gasteiger partial charge on any atom is -0.495 e. The molecule has 0 bridgehead atoms. The van der Waals surface area contributed by atoms with Crippen molar-refractivity contribution < 1.29 is 13.2 Å². The number of aromatic nitrogens is 1. The van der Waals surface area contributed by atoms with Crippen LogP contribution in [0.15, 0.2) is 41.4 Å². The SMILES string of the molecule is COc1ccc(S(=O)(=O)Nc2cc(Cl)ccn2)cc1N.